The van der Waals surface area contributed by atoms with E-state index in [4.69, 9.17) is 14.0 Å². The van der Waals surface area contributed by atoms with Crippen molar-refractivity contribution in [2.24, 2.45) is 0 Å². The van der Waals surface area contributed by atoms with Gasteiger partial charge < -0.3 is 19.3 Å². The summed E-state index contributed by atoms with van der Waals surface area (Å²) >= 11 is 1.35. The summed E-state index contributed by atoms with van der Waals surface area (Å²) in [5.74, 6) is 0.900. The molecule has 1 N–H and O–H groups in total. The van der Waals surface area contributed by atoms with Gasteiger partial charge in [-0.25, -0.2) is 4.39 Å². The standard InChI is InChI=1S/C22H18FN3O4S/c1-13(29-18-6-4-3-5-17(18)28-2)21(27)24-16-11-12-31-19(16)22-25-20(26-30-22)14-7-9-15(23)10-8-14/h3-13H,1-2H3,(H,24,27). The second-order valence-electron chi connectivity index (χ2n) is 6.49. The van der Waals surface area contributed by atoms with Crippen molar-refractivity contribution in [3.8, 4) is 33.7 Å². The third-order valence-electron chi connectivity index (χ3n) is 4.39. The molecule has 2 heterocycles. The number of thiophene rings is 1. The van der Waals surface area contributed by atoms with Crippen molar-refractivity contribution in [1.82, 2.24) is 10.1 Å². The Balaban J connectivity index is 1.48. The Morgan fingerprint density at radius 3 is 2.61 bits per heavy atom. The second kappa shape index (κ2) is 8.97. The second-order valence-corrected chi connectivity index (χ2v) is 7.41. The Labute approximate surface area is 181 Å². The first-order chi connectivity index (χ1) is 15.0. The first-order valence-corrected chi connectivity index (χ1v) is 10.2. The summed E-state index contributed by atoms with van der Waals surface area (Å²) in [6.07, 6.45) is -0.776. The number of nitrogens with one attached hydrogen (secondary N) is 1. The number of nitrogens with zero attached hydrogens (tertiary/aromatic N) is 2. The van der Waals surface area contributed by atoms with Crippen molar-refractivity contribution >= 4 is 22.9 Å². The molecule has 4 rings (SSSR count). The smallest absolute Gasteiger partial charge is 0.270 e. The van der Waals surface area contributed by atoms with Crippen LogP contribution in [0.2, 0.25) is 0 Å². The maximum atomic E-state index is 13.1. The van der Waals surface area contributed by atoms with E-state index in [1.54, 1.807) is 48.7 Å². The molecule has 0 spiro atoms. The summed E-state index contributed by atoms with van der Waals surface area (Å²) in [7, 11) is 1.54. The molecule has 7 nitrogen and oxygen atoms in total. The molecule has 0 saturated carbocycles. The van der Waals surface area contributed by atoms with Gasteiger partial charge in [0.2, 0.25) is 5.82 Å². The molecule has 0 saturated heterocycles. The molecule has 0 aliphatic carbocycles. The monoisotopic (exact) mass is 439 g/mol. The van der Waals surface area contributed by atoms with Crippen LogP contribution in [0, 0.1) is 5.82 Å². The number of carbonyl (C=O) groups excluding carboxylic acids is 1. The van der Waals surface area contributed by atoms with Crippen LogP contribution in [0.25, 0.3) is 22.2 Å². The number of hydrogen-bond acceptors (Lipinski definition) is 7. The van der Waals surface area contributed by atoms with Crippen LogP contribution in [0.4, 0.5) is 10.1 Å². The predicted octanol–water partition coefficient (Wildman–Crippen LogP) is 5.02. The molecule has 4 aromatic rings. The van der Waals surface area contributed by atoms with Crippen LogP contribution in [0.1, 0.15) is 6.92 Å². The van der Waals surface area contributed by atoms with Gasteiger partial charge >= 0.3 is 0 Å². The fourth-order valence-electron chi connectivity index (χ4n) is 2.80. The number of benzene rings is 2. The van der Waals surface area contributed by atoms with Gasteiger partial charge in [0.05, 0.1) is 12.8 Å². The third-order valence-corrected chi connectivity index (χ3v) is 5.29. The number of ether oxygens (including phenoxy) is 2. The number of amides is 1. The van der Waals surface area contributed by atoms with Gasteiger partial charge in [0.25, 0.3) is 11.8 Å². The Morgan fingerprint density at radius 2 is 1.87 bits per heavy atom. The van der Waals surface area contributed by atoms with E-state index < -0.39 is 6.10 Å². The molecule has 0 radical (unpaired) electrons. The molecule has 0 aliphatic heterocycles. The van der Waals surface area contributed by atoms with Crippen LogP contribution >= 0.6 is 11.3 Å². The number of rotatable bonds is 7. The molecule has 0 aliphatic rings. The number of hydrogen-bond donors (Lipinski definition) is 1. The predicted molar refractivity (Wildman–Crippen MR) is 115 cm³/mol. The molecule has 2 aromatic carbocycles. The van der Waals surface area contributed by atoms with Crippen LogP contribution in [-0.4, -0.2) is 29.3 Å². The van der Waals surface area contributed by atoms with Gasteiger partial charge in [-0.15, -0.1) is 11.3 Å². The minimum Gasteiger partial charge on any atom is -0.493 e. The molecule has 1 atom stereocenters. The Bertz CT molecular complexity index is 1190. The summed E-state index contributed by atoms with van der Waals surface area (Å²) < 4.78 is 29.5. The van der Waals surface area contributed by atoms with Crippen molar-refractivity contribution < 1.29 is 23.2 Å². The first kappa shape index (κ1) is 20.5. The van der Waals surface area contributed by atoms with Gasteiger partial charge in [-0.05, 0) is 54.8 Å². The number of para-hydroxylation sites is 2. The number of aromatic nitrogens is 2. The van der Waals surface area contributed by atoms with E-state index in [0.29, 0.717) is 33.5 Å². The zero-order valence-electron chi connectivity index (χ0n) is 16.7. The lowest BCUT2D eigenvalue weighted by Crippen LogP contribution is -2.30. The van der Waals surface area contributed by atoms with Crippen molar-refractivity contribution in [3.05, 3.63) is 65.8 Å². The first-order valence-electron chi connectivity index (χ1n) is 9.33. The number of anilines is 1. The van der Waals surface area contributed by atoms with Gasteiger partial charge in [-0.3, -0.25) is 4.79 Å². The summed E-state index contributed by atoms with van der Waals surface area (Å²) in [5, 5.41) is 8.58. The third kappa shape index (κ3) is 4.56. The molecule has 9 heteroatoms. The topological polar surface area (TPSA) is 86.5 Å². The Kier molecular flexibility index (Phi) is 5.94. The summed E-state index contributed by atoms with van der Waals surface area (Å²) in [6, 6.07) is 14.6. The van der Waals surface area contributed by atoms with Crippen molar-refractivity contribution in [2.45, 2.75) is 13.0 Å². The average molecular weight is 439 g/mol. The molecular weight excluding hydrogens is 421 g/mol. The highest BCUT2D eigenvalue weighted by molar-refractivity contribution is 7.14. The largest absolute Gasteiger partial charge is 0.493 e. The maximum Gasteiger partial charge on any atom is 0.270 e. The summed E-state index contributed by atoms with van der Waals surface area (Å²) in [5.41, 5.74) is 1.15. The SMILES string of the molecule is COc1ccccc1OC(C)C(=O)Nc1ccsc1-c1nc(-c2ccc(F)cc2)no1. The number of carbonyl (C=O) groups is 1. The number of methoxy groups -OCH3 is 1. The Morgan fingerprint density at radius 1 is 1.13 bits per heavy atom. The van der Waals surface area contributed by atoms with Crippen molar-refractivity contribution in [3.63, 3.8) is 0 Å². The van der Waals surface area contributed by atoms with Gasteiger partial charge in [0.15, 0.2) is 17.6 Å². The van der Waals surface area contributed by atoms with Gasteiger partial charge in [0, 0.05) is 5.56 Å². The van der Waals surface area contributed by atoms with Crippen LogP contribution in [0.15, 0.2) is 64.5 Å². The maximum absolute atomic E-state index is 13.1. The van der Waals surface area contributed by atoms with Gasteiger partial charge in [-0.2, -0.15) is 4.98 Å². The molecule has 1 unspecified atom stereocenters. The molecule has 2 aromatic heterocycles. The van der Waals surface area contributed by atoms with Crippen molar-refractivity contribution in [1.29, 1.82) is 0 Å². The summed E-state index contributed by atoms with van der Waals surface area (Å²) in [6.45, 7) is 1.65. The molecule has 0 bridgehead atoms. The molecule has 0 fully saturated rings. The average Bonchev–Trinajstić information content (AvgIpc) is 3.44. The molecular formula is C22H18FN3O4S. The molecule has 31 heavy (non-hydrogen) atoms. The quantitative estimate of drug-likeness (QED) is 0.435. The minimum atomic E-state index is -0.776. The minimum absolute atomic E-state index is 0.253. The van der Waals surface area contributed by atoms with Crippen LogP contribution in [-0.2, 0) is 4.79 Å². The highest BCUT2D eigenvalue weighted by Crippen LogP contribution is 2.34. The number of halogens is 1. The zero-order chi connectivity index (χ0) is 21.8. The normalized spacial score (nSPS) is 11.7. The fourth-order valence-corrected chi connectivity index (χ4v) is 3.57. The Hall–Kier alpha value is -3.72. The molecule has 158 valence electrons. The van der Waals surface area contributed by atoms with E-state index in [2.05, 4.69) is 15.5 Å². The van der Waals surface area contributed by atoms with Crippen LogP contribution in [0.5, 0.6) is 11.5 Å². The van der Waals surface area contributed by atoms with Crippen LogP contribution < -0.4 is 14.8 Å². The van der Waals surface area contributed by atoms with E-state index in [0.717, 1.165) is 0 Å². The van der Waals surface area contributed by atoms with Crippen molar-refractivity contribution in [2.75, 3.05) is 12.4 Å². The lowest BCUT2D eigenvalue weighted by atomic mass is 10.2. The fraction of sp³-hybridized carbons (Fsp3) is 0.136. The van der Waals surface area contributed by atoms with Crippen LogP contribution in [0.3, 0.4) is 0 Å². The van der Waals surface area contributed by atoms with Gasteiger partial charge in [0.1, 0.15) is 10.7 Å². The van der Waals surface area contributed by atoms with Gasteiger partial charge in [-0.1, -0.05) is 17.3 Å². The molecule has 1 amide bonds. The lowest BCUT2D eigenvalue weighted by molar-refractivity contribution is -0.122. The van der Waals surface area contributed by atoms with E-state index in [1.807, 2.05) is 6.07 Å². The summed E-state index contributed by atoms with van der Waals surface area (Å²) in [4.78, 5) is 17.7. The van der Waals surface area contributed by atoms with E-state index in [1.165, 1.54) is 30.6 Å². The lowest BCUT2D eigenvalue weighted by Gasteiger charge is -2.16. The highest BCUT2D eigenvalue weighted by Gasteiger charge is 2.21. The highest BCUT2D eigenvalue weighted by atomic mass is 32.1. The zero-order valence-corrected chi connectivity index (χ0v) is 17.5. The van der Waals surface area contributed by atoms with E-state index in [-0.39, 0.29) is 17.6 Å². The van der Waals surface area contributed by atoms with E-state index >= 15 is 0 Å². The van der Waals surface area contributed by atoms with E-state index in [9.17, 15) is 9.18 Å².